The highest BCUT2D eigenvalue weighted by Gasteiger charge is 2.47. The van der Waals surface area contributed by atoms with Crippen molar-refractivity contribution in [1.82, 2.24) is 25.1 Å². The number of para-hydroxylation sites is 1. The molecule has 6 aliphatic rings. The van der Waals surface area contributed by atoms with Crippen molar-refractivity contribution in [3.05, 3.63) is 82.8 Å². The van der Waals surface area contributed by atoms with Gasteiger partial charge in [-0.2, -0.15) is 4.98 Å². The third kappa shape index (κ3) is 7.99. The van der Waals surface area contributed by atoms with Gasteiger partial charge in [-0.1, -0.05) is 23.7 Å². The summed E-state index contributed by atoms with van der Waals surface area (Å²) in [5.74, 6) is -1.23. The first-order valence-corrected chi connectivity index (χ1v) is 23.9. The molecule has 2 bridgehead atoms. The number of aromatic nitrogens is 2. The van der Waals surface area contributed by atoms with Gasteiger partial charge in [-0.3, -0.25) is 34.3 Å². The maximum atomic E-state index is 15.8. The van der Waals surface area contributed by atoms with Gasteiger partial charge >= 0.3 is 0 Å². The number of carbonyl (C=O) groups is 4. The Morgan fingerprint density at radius 3 is 2.35 bits per heavy atom. The third-order valence-electron chi connectivity index (χ3n) is 12.8. The zero-order valence-corrected chi connectivity index (χ0v) is 36.3. The lowest BCUT2D eigenvalue weighted by atomic mass is 9.87. The van der Waals surface area contributed by atoms with Gasteiger partial charge in [-0.05, 0) is 87.7 Å². The number of anilines is 6. The van der Waals surface area contributed by atoms with Gasteiger partial charge in [0.2, 0.25) is 17.8 Å². The molecular weight excluding hydrogens is 836 g/mol. The number of ether oxygens (including phenoxy) is 1. The number of halogens is 2. The van der Waals surface area contributed by atoms with E-state index in [0.29, 0.717) is 57.4 Å². The monoisotopic (exact) mass is 883 g/mol. The van der Waals surface area contributed by atoms with Crippen molar-refractivity contribution in [3.8, 4) is 5.75 Å². The molecule has 0 radical (unpaired) electrons. The van der Waals surface area contributed by atoms with E-state index in [9.17, 15) is 23.7 Å². The topological polar surface area (TPSA) is 169 Å². The Bertz CT molecular complexity index is 2530. The normalized spacial score (nSPS) is 22.0. The molecule has 324 valence electrons. The average molecular weight is 884 g/mol. The van der Waals surface area contributed by atoms with Crippen LogP contribution in [-0.4, -0.2) is 115 Å². The van der Waals surface area contributed by atoms with E-state index in [1.165, 1.54) is 12.3 Å². The van der Waals surface area contributed by atoms with Gasteiger partial charge in [0.05, 0.1) is 41.5 Å². The zero-order chi connectivity index (χ0) is 43.4. The van der Waals surface area contributed by atoms with Crippen molar-refractivity contribution < 1.29 is 32.9 Å². The van der Waals surface area contributed by atoms with Crippen LogP contribution in [0.1, 0.15) is 59.2 Å². The summed E-state index contributed by atoms with van der Waals surface area (Å²) in [4.78, 5) is 67.8. The Labute approximate surface area is 363 Å². The fourth-order valence-corrected chi connectivity index (χ4v) is 10.9. The molecule has 3 atom stereocenters. The second-order valence-electron chi connectivity index (χ2n) is 17.1. The highest BCUT2D eigenvalue weighted by atomic mass is 35.5. The molecule has 10 rings (SSSR count). The Morgan fingerprint density at radius 1 is 0.903 bits per heavy atom. The van der Waals surface area contributed by atoms with E-state index in [-0.39, 0.29) is 36.1 Å². The first-order valence-electron chi connectivity index (χ1n) is 21.0. The van der Waals surface area contributed by atoms with E-state index in [4.69, 9.17) is 16.3 Å². The van der Waals surface area contributed by atoms with Gasteiger partial charge < -0.3 is 29.7 Å². The quantitative estimate of drug-likeness (QED) is 0.119. The van der Waals surface area contributed by atoms with Crippen molar-refractivity contribution in [2.75, 3.05) is 73.6 Å². The number of methoxy groups -OCH3 is 1. The molecule has 1 aromatic heterocycles. The molecule has 4 amide bonds. The maximum absolute atomic E-state index is 15.8. The first-order chi connectivity index (χ1) is 29.7. The van der Waals surface area contributed by atoms with E-state index < -0.39 is 42.6 Å². The molecule has 7 heterocycles. The third-order valence-corrected chi connectivity index (χ3v) is 14.7. The summed E-state index contributed by atoms with van der Waals surface area (Å²) >= 11 is 6.48. The Morgan fingerprint density at radius 2 is 1.65 bits per heavy atom. The van der Waals surface area contributed by atoms with Crippen molar-refractivity contribution in [1.29, 1.82) is 0 Å². The maximum Gasteiger partial charge on any atom is 0.262 e. The summed E-state index contributed by atoms with van der Waals surface area (Å²) in [5.41, 5.74) is 2.75. The molecule has 15 nitrogen and oxygen atoms in total. The molecule has 3 unspecified atom stereocenters. The van der Waals surface area contributed by atoms with E-state index in [1.54, 1.807) is 20.4 Å². The number of hydrogen-bond donors (Lipinski definition) is 3. The molecule has 5 saturated heterocycles. The molecule has 5 fully saturated rings. The van der Waals surface area contributed by atoms with Crippen LogP contribution in [0.25, 0.3) is 0 Å². The van der Waals surface area contributed by atoms with Crippen LogP contribution in [0.2, 0.25) is 5.02 Å². The second-order valence-corrected chi connectivity index (χ2v) is 20.7. The van der Waals surface area contributed by atoms with Crippen LogP contribution in [0, 0.1) is 11.7 Å². The minimum atomic E-state index is -2.57. The number of nitrogens with one attached hydrogen (secondary N) is 3. The molecule has 0 spiro atoms. The fourth-order valence-electron chi connectivity index (χ4n) is 9.63. The molecule has 18 heteroatoms. The lowest BCUT2D eigenvalue weighted by Crippen LogP contribution is -2.63. The standard InChI is InChI=1S/C44H48ClFN9O6P/c1-61-37-18-26(10-11-33(37)49-44-47-21-31(45)40(51-44)48-34-6-4-5-7-38(34)62(2,3)60)52-16-14-25(15-17-52)22-53-23-28-9-8-27(53)24-54(28)36-20-30-29(19-32(36)46)42(58)55(43(30)59)35-12-13-39(56)50-41(35)57/h4-7,10-11,18-21,25,27-28,35H,8-9,12-17,22-24H2,1-3H3,(H,50,56,57)(H2,47,48,49,51). The number of imide groups is 2. The van der Waals surface area contributed by atoms with E-state index in [1.807, 2.05) is 41.3 Å². The van der Waals surface area contributed by atoms with Crippen LogP contribution in [-0.2, 0) is 14.2 Å². The van der Waals surface area contributed by atoms with Crippen molar-refractivity contribution in [2.24, 2.45) is 5.92 Å². The number of carbonyl (C=O) groups excluding carboxylic acids is 4. The van der Waals surface area contributed by atoms with Crippen LogP contribution < -0.4 is 35.8 Å². The van der Waals surface area contributed by atoms with Crippen LogP contribution in [0.15, 0.2) is 60.8 Å². The van der Waals surface area contributed by atoms with Crippen molar-refractivity contribution in [2.45, 2.75) is 56.7 Å². The number of amides is 4. The second kappa shape index (κ2) is 16.6. The summed E-state index contributed by atoms with van der Waals surface area (Å²) in [6, 6.07) is 15.2. The highest BCUT2D eigenvalue weighted by molar-refractivity contribution is 7.70. The van der Waals surface area contributed by atoms with Gasteiger partial charge in [0.25, 0.3) is 11.8 Å². The number of piperidine rings is 4. The number of benzene rings is 3. The lowest BCUT2D eigenvalue weighted by molar-refractivity contribution is -0.136. The molecule has 0 aliphatic carbocycles. The number of piperazine rings is 1. The Hall–Kier alpha value is -5.57. The van der Waals surface area contributed by atoms with E-state index in [0.717, 1.165) is 68.5 Å². The summed E-state index contributed by atoms with van der Waals surface area (Å²) in [5, 5.41) is 9.72. The Kier molecular flexibility index (Phi) is 11.2. The molecule has 3 N–H and O–H groups in total. The first kappa shape index (κ1) is 41.8. The fraction of sp³-hybridized carbons (Fsp3) is 0.409. The summed E-state index contributed by atoms with van der Waals surface area (Å²) < 4.78 is 34.5. The predicted molar refractivity (Wildman–Crippen MR) is 236 cm³/mol. The van der Waals surface area contributed by atoms with Gasteiger partial charge in [0, 0.05) is 68.3 Å². The molecule has 3 aromatic carbocycles. The average Bonchev–Trinajstić information content (AvgIpc) is 3.49. The molecule has 62 heavy (non-hydrogen) atoms. The van der Waals surface area contributed by atoms with Crippen LogP contribution in [0.3, 0.4) is 0 Å². The van der Waals surface area contributed by atoms with Crippen LogP contribution in [0.4, 0.5) is 38.9 Å². The van der Waals surface area contributed by atoms with E-state index in [2.05, 4.69) is 41.8 Å². The smallest absolute Gasteiger partial charge is 0.262 e. The molecular formula is C44H48ClFN9O6P. The van der Waals surface area contributed by atoms with Crippen molar-refractivity contribution >= 4 is 82.2 Å². The van der Waals surface area contributed by atoms with Gasteiger partial charge in [0.1, 0.15) is 29.8 Å². The molecule has 0 saturated carbocycles. The Balaban J connectivity index is 0.807. The summed E-state index contributed by atoms with van der Waals surface area (Å²) in [6.45, 7) is 7.56. The SMILES string of the molecule is COc1cc(N2CCC(CN3CC4CCC3CN4c3cc4c(cc3F)C(=O)N(C3CCC(=O)NC3=O)C4=O)CC2)ccc1Nc1ncc(Cl)c(Nc2ccccc2P(C)(C)=O)n1. The zero-order valence-electron chi connectivity index (χ0n) is 34.7. The predicted octanol–water partition coefficient (Wildman–Crippen LogP) is 5.98. The van der Waals surface area contributed by atoms with Crippen LogP contribution in [0.5, 0.6) is 5.75 Å². The number of nitrogens with zero attached hydrogens (tertiary/aromatic N) is 6. The van der Waals surface area contributed by atoms with E-state index >= 15 is 4.39 Å². The summed E-state index contributed by atoms with van der Waals surface area (Å²) in [7, 11) is -0.944. The van der Waals surface area contributed by atoms with Crippen molar-refractivity contribution in [3.63, 3.8) is 0 Å². The van der Waals surface area contributed by atoms with Gasteiger partial charge in [-0.25, -0.2) is 9.37 Å². The number of fused-ring (bicyclic) bond motifs is 4. The van der Waals surface area contributed by atoms with Crippen LogP contribution >= 0.6 is 18.7 Å². The minimum absolute atomic E-state index is 0.0174. The summed E-state index contributed by atoms with van der Waals surface area (Å²) in [6.07, 6.45) is 5.50. The van der Waals surface area contributed by atoms with Gasteiger partial charge in [-0.15, -0.1) is 0 Å². The largest absolute Gasteiger partial charge is 0.494 e. The lowest BCUT2D eigenvalue weighted by Gasteiger charge is -2.53. The highest BCUT2D eigenvalue weighted by Crippen LogP contribution is 2.41. The van der Waals surface area contributed by atoms with Gasteiger partial charge in [0.15, 0.2) is 5.82 Å². The molecule has 6 aliphatic heterocycles. The minimum Gasteiger partial charge on any atom is -0.494 e. The molecule has 4 aromatic rings. The number of hydrogen-bond acceptors (Lipinski definition) is 13. The number of rotatable bonds is 11.